The summed E-state index contributed by atoms with van der Waals surface area (Å²) in [5.41, 5.74) is 0.523. The van der Waals surface area contributed by atoms with Gasteiger partial charge in [0, 0.05) is 23.2 Å². The third-order valence-electron chi connectivity index (χ3n) is 3.04. The molecule has 0 bridgehead atoms. The van der Waals surface area contributed by atoms with E-state index in [9.17, 15) is 9.59 Å². The molecule has 0 saturated heterocycles. The summed E-state index contributed by atoms with van der Waals surface area (Å²) in [6.45, 7) is 4.09. The van der Waals surface area contributed by atoms with E-state index < -0.39 is 5.97 Å². The summed E-state index contributed by atoms with van der Waals surface area (Å²) in [5, 5.41) is 9.32. The van der Waals surface area contributed by atoms with Gasteiger partial charge in [0.15, 0.2) is 0 Å². The highest BCUT2D eigenvalue weighted by molar-refractivity contribution is 6.30. The first kappa shape index (κ1) is 15.5. The lowest BCUT2D eigenvalue weighted by Gasteiger charge is -2.28. The third kappa shape index (κ3) is 4.56. The van der Waals surface area contributed by atoms with Crippen molar-refractivity contribution in [3.05, 3.63) is 34.9 Å². The van der Waals surface area contributed by atoms with Crippen LogP contribution in [0.15, 0.2) is 24.3 Å². The molecule has 5 heteroatoms. The molecule has 0 aromatic heterocycles. The van der Waals surface area contributed by atoms with Crippen LogP contribution < -0.4 is 0 Å². The highest BCUT2D eigenvalue weighted by Crippen LogP contribution is 2.14. The minimum Gasteiger partial charge on any atom is -0.481 e. The number of halogens is 1. The summed E-state index contributed by atoms with van der Waals surface area (Å²) in [4.78, 5) is 24.6. The standard InChI is InChI=1S/C14H18ClNO3/c1-3-10(2)16(9-8-13(17)18)14(19)11-4-6-12(15)7-5-11/h4-7,10H,3,8-9H2,1-2H3,(H,17,18). The minimum absolute atomic E-state index is 0.00234. The quantitative estimate of drug-likeness (QED) is 0.873. The summed E-state index contributed by atoms with van der Waals surface area (Å²) in [5.74, 6) is -1.07. The lowest BCUT2D eigenvalue weighted by atomic mass is 10.1. The minimum atomic E-state index is -0.905. The number of benzene rings is 1. The molecule has 1 atom stereocenters. The van der Waals surface area contributed by atoms with Crippen molar-refractivity contribution < 1.29 is 14.7 Å². The van der Waals surface area contributed by atoms with E-state index >= 15 is 0 Å². The molecular weight excluding hydrogens is 266 g/mol. The molecule has 1 aromatic rings. The normalized spacial score (nSPS) is 11.9. The van der Waals surface area contributed by atoms with Gasteiger partial charge in [0.1, 0.15) is 0 Å². The molecule has 0 aliphatic rings. The molecular formula is C14H18ClNO3. The summed E-state index contributed by atoms with van der Waals surface area (Å²) < 4.78 is 0. The summed E-state index contributed by atoms with van der Waals surface area (Å²) in [6.07, 6.45) is 0.725. The number of carbonyl (C=O) groups excluding carboxylic acids is 1. The Morgan fingerprint density at radius 1 is 1.32 bits per heavy atom. The van der Waals surface area contributed by atoms with Crippen molar-refractivity contribution in [2.75, 3.05) is 6.54 Å². The Labute approximate surface area is 118 Å². The van der Waals surface area contributed by atoms with Gasteiger partial charge >= 0.3 is 5.97 Å². The summed E-state index contributed by atoms with van der Waals surface area (Å²) in [6, 6.07) is 6.62. The molecule has 1 aromatic carbocycles. The van der Waals surface area contributed by atoms with Crippen LogP contribution in [-0.2, 0) is 4.79 Å². The topological polar surface area (TPSA) is 57.6 Å². The monoisotopic (exact) mass is 283 g/mol. The van der Waals surface area contributed by atoms with Crippen molar-refractivity contribution in [1.82, 2.24) is 4.90 Å². The highest BCUT2D eigenvalue weighted by atomic mass is 35.5. The molecule has 1 rings (SSSR count). The van der Waals surface area contributed by atoms with Crippen molar-refractivity contribution in [3.8, 4) is 0 Å². The van der Waals surface area contributed by atoms with Crippen LogP contribution in [0.3, 0.4) is 0 Å². The molecule has 0 radical (unpaired) electrons. The zero-order valence-electron chi connectivity index (χ0n) is 11.1. The van der Waals surface area contributed by atoms with Crippen LogP contribution >= 0.6 is 11.6 Å². The Bertz CT molecular complexity index is 445. The van der Waals surface area contributed by atoms with Crippen LogP contribution in [0.25, 0.3) is 0 Å². The molecule has 19 heavy (non-hydrogen) atoms. The van der Waals surface area contributed by atoms with E-state index in [1.165, 1.54) is 0 Å². The largest absolute Gasteiger partial charge is 0.481 e. The average molecular weight is 284 g/mol. The lowest BCUT2D eigenvalue weighted by Crippen LogP contribution is -2.39. The van der Waals surface area contributed by atoms with Crippen molar-refractivity contribution >= 4 is 23.5 Å². The van der Waals surface area contributed by atoms with Gasteiger partial charge in [0.05, 0.1) is 6.42 Å². The van der Waals surface area contributed by atoms with Crippen LogP contribution in [0.1, 0.15) is 37.0 Å². The number of hydrogen-bond acceptors (Lipinski definition) is 2. The van der Waals surface area contributed by atoms with Crippen LogP contribution in [-0.4, -0.2) is 34.5 Å². The second kappa shape index (κ2) is 7.14. The van der Waals surface area contributed by atoms with Gasteiger partial charge in [-0.25, -0.2) is 0 Å². The fraction of sp³-hybridized carbons (Fsp3) is 0.429. The van der Waals surface area contributed by atoms with Gasteiger partial charge in [-0.15, -0.1) is 0 Å². The molecule has 0 aliphatic carbocycles. The molecule has 0 heterocycles. The zero-order valence-corrected chi connectivity index (χ0v) is 11.9. The maximum atomic E-state index is 12.4. The molecule has 4 nitrogen and oxygen atoms in total. The van der Waals surface area contributed by atoms with Crippen LogP contribution in [0, 0.1) is 0 Å². The number of amides is 1. The van der Waals surface area contributed by atoms with E-state index in [4.69, 9.17) is 16.7 Å². The smallest absolute Gasteiger partial charge is 0.305 e. The van der Waals surface area contributed by atoms with Gasteiger partial charge in [-0.3, -0.25) is 9.59 Å². The van der Waals surface area contributed by atoms with Gasteiger partial charge in [-0.1, -0.05) is 18.5 Å². The third-order valence-corrected chi connectivity index (χ3v) is 3.29. The van der Waals surface area contributed by atoms with Gasteiger partial charge in [-0.2, -0.15) is 0 Å². The highest BCUT2D eigenvalue weighted by Gasteiger charge is 2.20. The van der Waals surface area contributed by atoms with Crippen LogP contribution in [0.5, 0.6) is 0 Å². The Kier molecular flexibility index (Phi) is 5.83. The van der Waals surface area contributed by atoms with Crippen molar-refractivity contribution in [3.63, 3.8) is 0 Å². The molecule has 0 saturated carbocycles. The number of carbonyl (C=O) groups is 2. The van der Waals surface area contributed by atoms with E-state index in [0.29, 0.717) is 10.6 Å². The molecule has 1 unspecified atom stereocenters. The summed E-state index contributed by atoms with van der Waals surface area (Å²) >= 11 is 5.79. The van der Waals surface area contributed by atoms with Crippen molar-refractivity contribution in [1.29, 1.82) is 0 Å². The maximum Gasteiger partial charge on any atom is 0.305 e. The van der Waals surface area contributed by atoms with Gasteiger partial charge in [-0.05, 0) is 37.6 Å². The Balaban J connectivity index is 2.87. The molecule has 0 fully saturated rings. The number of carboxylic acid groups (broad SMARTS) is 1. The maximum absolute atomic E-state index is 12.4. The fourth-order valence-electron chi connectivity index (χ4n) is 1.72. The first-order chi connectivity index (χ1) is 8.95. The predicted octanol–water partition coefficient (Wildman–Crippen LogP) is 3.06. The molecule has 1 N–H and O–H groups in total. The van der Waals surface area contributed by atoms with E-state index in [1.807, 2.05) is 13.8 Å². The van der Waals surface area contributed by atoms with E-state index in [-0.39, 0.29) is 24.9 Å². The lowest BCUT2D eigenvalue weighted by molar-refractivity contribution is -0.137. The Morgan fingerprint density at radius 3 is 2.37 bits per heavy atom. The SMILES string of the molecule is CCC(C)N(CCC(=O)O)C(=O)c1ccc(Cl)cc1. The van der Waals surface area contributed by atoms with Gasteiger partial charge in [0.25, 0.3) is 5.91 Å². The Hall–Kier alpha value is -1.55. The molecule has 1 amide bonds. The summed E-state index contributed by atoms with van der Waals surface area (Å²) in [7, 11) is 0. The number of rotatable bonds is 6. The predicted molar refractivity (Wildman–Crippen MR) is 74.5 cm³/mol. The Morgan fingerprint density at radius 2 is 1.89 bits per heavy atom. The van der Waals surface area contributed by atoms with Crippen LogP contribution in [0.2, 0.25) is 5.02 Å². The van der Waals surface area contributed by atoms with E-state index in [1.54, 1.807) is 29.2 Å². The van der Waals surface area contributed by atoms with Gasteiger partial charge in [0.2, 0.25) is 0 Å². The second-order valence-electron chi connectivity index (χ2n) is 4.41. The number of carboxylic acids is 1. The van der Waals surface area contributed by atoms with E-state index in [2.05, 4.69) is 0 Å². The molecule has 0 aliphatic heterocycles. The van der Waals surface area contributed by atoms with Crippen molar-refractivity contribution in [2.24, 2.45) is 0 Å². The number of aliphatic carboxylic acids is 1. The number of hydrogen-bond donors (Lipinski definition) is 1. The van der Waals surface area contributed by atoms with Gasteiger partial charge < -0.3 is 10.0 Å². The molecule has 104 valence electrons. The average Bonchev–Trinajstić information content (AvgIpc) is 2.38. The first-order valence-corrected chi connectivity index (χ1v) is 6.61. The van der Waals surface area contributed by atoms with E-state index in [0.717, 1.165) is 6.42 Å². The number of nitrogens with zero attached hydrogens (tertiary/aromatic N) is 1. The van der Waals surface area contributed by atoms with Crippen LogP contribution in [0.4, 0.5) is 0 Å². The second-order valence-corrected chi connectivity index (χ2v) is 4.84. The van der Waals surface area contributed by atoms with Crippen molar-refractivity contribution in [2.45, 2.75) is 32.7 Å². The molecule has 0 spiro atoms. The first-order valence-electron chi connectivity index (χ1n) is 6.24. The zero-order chi connectivity index (χ0) is 14.4. The fourth-order valence-corrected chi connectivity index (χ4v) is 1.84.